The van der Waals surface area contributed by atoms with Crippen molar-refractivity contribution in [1.82, 2.24) is 20.4 Å². The number of nitrogens with one attached hydrogen (secondary N) is 2. The fourth-order valence-electron chi connectivity index (χ4n) is 4.67. The third-order valence-corrected chi connectivity index (χ3v) is 6.52. The maximum atomic E-state index is 12.8. The maximum Gasteiger partial charge on any atom is 0.387 e. The largest absolute Gasteiger partial charge is 0.435 e. The van der Waals surface area contributed by atoms with Crippen LogP contribution in [-0.2, 0) is 24.3 Å². The molecule has 2 aromatic carbocycles. The van der Waals surface area contributed by atoms with Crippen molar-refractivity contribution >= 4 is 5.91 Å². The van der Waals surface area contributed by atoms with E-state index in [1.54, 1.807) is 31.2 Å². The summed E-state index contributed by atoms with van der Waals surface area (Å²) in [6.07, 6.45) is 1.71. The van der Waals surface area contributed by atoms with E-state index in [0.29, 0.717) is 24.3 Å². The number of carbonyl (C=O) groups excluding carboxylic acids is 1. The predicted molar refractivity (Wildman–Crippen MR) is 133 cm³/mol. The average molecular weight is 515 g/mol. The van der Waals surface area contributed by atoms with E-state index >= 15 is 0 Å². The number of aromatic nitrogens is 2. The first-order chi connectivity index (χ1) is 17.8. The van der Waals surface area contributed by atoms with Crippen LogP contribution in [0.4, 0.5) is 8.78 Å². The lowest BCUT2D eigenvalue weighted by atomic mass is 10.0. The number of hydrogen-bond acceptors (Lipinski definition) is 6. The molecule has 3 aromatic rings. The van der Waals surface area contributed by atoms with Crippen LogP contribution < -0.4 is 10.1 Å². The predicted octanol–water partition coefficient (Wildman–Crippen LogP) is 3.83. The van der Waals surface area contributed by atoms with Crippen molar-refractivity contribution in [2.75, 3.05) is 14.2 Å². The summed E-state index contributed by atoms with van der Waals surface area (Å²) in [5.74, 6) is -0.0181. The van der Waals surface area contributed by atoms with Crippen molar-refractivity contribution in [3.63, 3.8) is 0 Å². The van der Waals surface area contributed by atoms with Gasteiger partial charge in [0.05, 0.1) is 30.6 Å². The highest BCUT2D eigenvalue weighted by molar-refractivity contribution is 5.94. The molecule has 2 heterocycles. The number of nitrogens with zero attached hydrogens (tertiary/aromatic N) is 2. The van der Waals surface area contributed by atoms with E-state index in [-0.39, 0.29) is 23.7 Å². The molecule has 0 unspecified atom stereocenters. The van der Waals surface area contributed by atoms with Gasteiger partial charge in [-0.1, -0.05) is 24.3 Å². The monoisotopic (exact) mass is 514 g/mol. The van der Waals surface area contributed by atoms with Gasteiger partial charge in [-0.2, -0.15) is 13.9 Å². The van der Waals surface area contributed by atoms with Gasteiger partial charge < -0.3 is 24.8 Å². The Bertz CT molecular complexity index is 1150. The van der Waals surface area contributed by atoms with E-state index in [9.17, 15) is 18.7 Å². The van der Waals surface area contributed by atoms with Crippen LogP contribution in [0.2, 0.25) is 0 Å². The normalized spacial score (nSPS) is 18.2. The maximum absolute atomic E-state index is 12.8. The number of amides is 1. The Balaban J connectivity index is 1.27. The van der Waals surface area contributed by atoms with Crippen LogP contribution in [0.15, 0.2) is 54.6 Å². The molecule has 0 spiro atoms. The minimum atomic E-state index is -2.88. The Hall–Kier alpha value is -3.34. The van der Waals surface area contributed by atoms with Crippen molar-refractivity contribution in [2.45, 2.75) is 57.2 Å². The van der Waals surface area contributed by atoms with E-state index in [4.69, 9.17) is 4.74 Å². The molecular formula is C27H32F2N4O4. The van der Waals surface area contributed by atoms with Crippen LogP contribution >= 0.6 is 0 Å². The quantitative estimate of drug-likeness (QED) is 0.360. The van der Waals surface area contributed by atoms with Crippen LogP contribution in [-0.4, -0.2) is 59.0 Å². The summed E-state index contributed by atoms with van der Waals surface area (Å²) in [5, 5.41) is 21.3. The summed E-state index contributed by atoms with van der Waals surface area (Å²) < 4.78 is 34.1. The summed E-state index contributed by atoms with van der Waals surface area (Å²) >= 11 is 0. The molecule has 1 saturated heterocycles. The molecule has 0 saturated carbocycles. The first-order valence-corrected chi connectivity index (χ1v) is 12.2. The molecule has 37 heavy (non-hydrogen) atoms. The minimum absolute atomic E-state index is 0.0638. The van der Waals surface area contributed by atoms with Gasteiger partial charge >= 0.3 is 6.61 Å². The van der Waals surface area contributed by atoms with Crippen LogP contribution in [0.5, 0.6) is 5.75 Å². The van der Waals surface area contributed by atoms with Gasteiger partial charge in [-0.05, 0) is 60.7 Å². The van der Waals surface area contributed by atoms with Gasteiger partial charge in [0, 0.05) is 31.8 Å². The van der Waals surface area contributed by atoms with Gasteiger partial charge in [-0.3, -0.25) is 9.89 Å². The van der Waals surface area contributed by atoms with Gasteiger partial charge in [-0.25, -0.2) is 0 Å². The van der Waals surface area contributed by atoms with Crippen LogP contribution in [0.25, 0.3) is 0 Å². The summed E-state index contributed by atoms with van der Waals surface area (Å²) in [6, 6.07) is 15.6. The number of rotatable bonds is 11. The number of H-pyrrole nitrogens is 1. The number of benzene rings is 2. The fraction of sp³-hybridized carbons (Fsp3) is 0.407. The number of ether oxygens (including phenoxy) is 2. The topological polar surface area (TPSA) is 99.7 Å². The smallest absolute Gasteiger partial charge is 0.387 e. The molecule has 4 rings (SSSR count). The van der Waals surface area contributed by atoms with Gasteiger partial charge in [0.1, 0.15) is 5.75 Å². The fourth-order valence-corrected chi connectivity index (χ4v) is 4.67. The third kappa shape index (κ3) is 7.12. The Morgan fingerprint density at radius 2 is 1.89 bits per heavy atom. The molecule has 8 nitrogen and oxygen atoms in total. The van der Waals surface area contributed by atoms with Gasteiger partial charge in [0.25, 0.3) is 5.91 Å². The van der Waals surface area contributed by atoms with Crippen molar-refractivity contribution in [3.05, 3.63) is 82.7 Å². The molecule has 10 heteroatoms. The lowest BCUT2D eigenvalue weighted by molar-refractivity contribution is -0.0498. The summed E-state index contributed by atoms with van der Waals surface area (Å²) in [4.78, 5) is 14.5. The second kappa shape index (κ2) is 12.3. The van der Waals surface area contributed by atoms with Crippen LogP contribution in [0.3, 0.4) is 0 Å². The van der Waals surface area contributed by atoms with Crippen molar-refractivity contribution in [2.24, 2.45) is 0 Å². The number of aliphatic hydroxyl groups is 1. The second-order valence-corrected chi connectivity index (χ2v) is 9.32. The molecule has 0 bridgehead atoms. The van der Waals surface area contributed by atoms with Crippen LogP contribution in [0, 0.1) is 0 Å². The van der Waals surface area contributed by atoms with Crippen molar-refractivity contribution in [3.8, 4) is 5.75 Å². The number of aromatic amines is 1. The Labute approximate surface area is 214 Å². The molecule has 198 valence electrons. The zero-order valence-corrected chi connectivity index (χ0v) is 20.9. The average Bonchev–Trinajstić information content (AvgIpc) is 3.53. The van der Waals surface area contributed by atoms with E-state index in [0.717, 1.165) is 36.2 Å². The second-order valence-electron chi connectivity index (χ2n) is 9.32. The molecule has 0 aliphatic carbocycles. The molecule has 0 radical (unpaired) electrons. The van der Waals surface area contributed by atoms with Crippen molar-refractivity contribution in [1.29, 1.82) is 0 Å². The molecule has 3 N–H and O–H groups in total. The lowest BCUT2D eigenvalue weighted by Crippen LogP contribution is -2.35. The molecule has 1 aliphatic heterocycles. The lowest BCUT2D eigenvalue weighted by Gasteiger charge is -2.21. The zero-order valence-electron chi connectivity index (χ0n) is 20.9. The van der Waals surface area contributed by atoms with E-state index in [2.05, 4.69) is 20.3 Å². The highest BCUT2D eigenvalue weighted by Gasteiger charge is 2.30. The highest BCUT2D eigenvalue weighted by atomic mass is 19.3. The molecule has 1 aliphatic rings. The molecule has 3 atom stereocenters. The number of halogens is 2. The molecular weight excluding hydrogens is 482 g/mol. The molecule has 1 aromatic heterocycles. The van der Waals surface area contributed by atoms with E-state index < -0.39 is 12.7 Å². The minimum Gasteiger partial charge on any atom is -0.435 e. The zero-order chi connectivity index (χ0) is 26.4. The van der Waals surface area contributed by atoms with E-state index in [1.807, 2.05) is 30.3 Å². The number of methoxy groups -OCH3 is 1. The Kier molecular flexibility index (Phi) is 8.86. The van der Waals surface area contributed by atoms with Gasteiger partial charge in [0.15, 0.2) is 0 Å². The first kappa shape index (κ1) is 26.7. The van der Waals surface area contributed by atoms with E-state index in [1.165, 1.54) is 12.1 Å². The summed E-state index contributed by atoms with van der Waals surface area (Å²) in [5.41, 5.74) is 3.97. The van der Waals surface area contributed by atoms with Gasteiger partial charge in [0.2, 0.25) is 0 Å². The van der Waals surface area contributed by atoms with Gasteiger partial charge in [-0.15, -0.1) is 0 Å². The summed E-state index contributed by atoms with van der Waals surface area (Å²) in [7, 11) is 3.36. The number of aliphatic hydroxyl groups excluding tert-OH is 1. The number of carbonyl (C=O) groups is 1. The molecule has 1 fully saturated rings. The first-order valence-electron chi connectivity index (χ1n) is 12.2. The molecule has 1 amide bonds. The standard InChI is InChI=1S/C27H32F2N4O4/c1-33(15-21-14-22(16-36-2)32-31-21)26(35)19-5-3-17(4-6-19)13-20-9-12-24(30-20)25(34)18-7-10-23(11-8-18)37-27(28)29/h3-8,10-11,14,20,24-25,27,30,34H,9,12-13,15-16H2,1-2H3,(H,31,32)/t20-,24+,25+/m0/s1. The Morgan fingerprint density at radius 3 is 2.57 bits per heavy atom. The Morgan fingerprint density at radius 1 is 1.16 bits per heavy atom. The third-order valence-electron chi connectivity index (χ3n) is 6.52. The van der Waals surface area contributed by atoms with Crippen molar-refractivity contribution < 1.29 is 28.2 Å². The number of alkyl halides is 2. The van der Waals surface area contributed by atoms with Crippen LogP contribution in [0.1, 0.15) is 51.8 Å². The highest BCUT2D eigenvalue weighted by Crippen LogP contribution is 2.28. The number of hydrogen-bond donors (Lipinski definition) is 3. The SMILES string of the molecule is COCc1cc(CN(C)C(=O)c2ccc(C[C@@H]3CC[C@H]([C@H](O)c4ccc(OC(F)F)cc4)N3)cc2)[nH]n1. The summed E-state index contributed by atoms with van der Waals surface area (Å²) in [6.45, 7) is -2.05.